The molecule has 1 rings (SSSR count). The molecule has 1 aromatic rings. The summed E-state index contributed by atoms with van der Waals surface area (Å²) in [5.74, 6) is 0.923. The van der Waals surface area contributed by atoms with Crippen LogP contribution in [0.1, 0.15) is 27.2 Å². The van der Waals surface area contributed by atoms with Gasteiger partial charge in [0.15, 0.2) is 0 Å². The molecule has 0 aliphatic rings. The maximum atomic E-state index is 11.3. The average molecular weight is 272 g/mol. The lowest BCUT2D eigenvalue weighted by Crippen LogP contribution is -2.45. The van der Waals surface area contributed by atoms with Gasteiger partial charge in [-0.3, -0.25) is 4.79 Å². The average Bonchev–Trinajstić information content (AvgIpc) is 2.28. The summed E-state index contributed by atoms with van der Waals surface area (Å²) in [6.07, 6.45) is 0.523. The van der Waals surface area contributed by atoms with Crippen molar-refractivity contribution in [1.29, 1.82) is 0 Å². The molecule has 94 valence electrons. The van der Waals surface area contributed by atoms with E-state index in [9.17, 15) is 4.79 Å². The smallest absolute Gasteiger partial charge is 0.220 e. The zero-order chi connectivity index (χ0) is 12.9. The van der Waals surface area contributed by atoms with Gasteiger partial charge < -0.3 is 5.32 Å². The Kier molecular flexibility index (Phi) is 5.34. The first kappa shape index (κ1) is 14.4. The van der Waals surface area contributed by atoms with Gasteiger partial charge in [-0.2, -0.15) is 0 Å². The van der Waals surface area contributed by atoms with Crippen LogP contribution < -0.4 is 5.32 Å². The van der Waals surface area contributed by atoms with Crippen molar-refractivity contribution in [1.82, 2.24) is 5.32 Å². The molecule has 1 amide bonds. The molecule has 4 heteroatoms. The van der Waals surface area contributed by atoms with E-state index in [0.29, 0.717) is 6.42 Å². The van der Waals surface area contributed by atoms with Crippen molar-refractivity contribution in [3.05, 3.63) is 29.3 Å². The van der Waals surface area contributed by atoms with E-state index in [1.807, 2.05) is 45.0 Å². The Morgan fingerprint density at radius 3 is 2.47 bits per heavy atom. The monoisotopic (exact) mass is 271 g/mol. The molecule has 0 heterocycles. The van der Waals surface area contributed by atoms with Gasteiger partial charge in [-0.15, -0.1) is 11.8 Å². The van der Waals surface area contributed by atoms with Crippen molar-refractivity contribution in [2.24, 2.45) is 0 Å². The fraction of sp³-hybridized carbons (Fsp3) is 0.462. The third-order valence-corrected chi connectivity index (χ3v) is 3.94. The lowest BCUT2D eigenvalue weighted by atomic mass is 10.1. The third kappa shape index (κ3) is 5.46. The molecule has 0 atom stereocenters. The molecule has 2 nitrogen and oxygen atoms in total. The number of hydrogen-bond acceptors (Lipinski definition) is 2. The van der Waals surface area contributed by atoms with Crippen molar-refractivity contribution in [3.8, 4) is 0 Å². The van der Waals surface area contributed by atoms with Crippen LogP contribution in [-0.2, 0) is 4.79 Å². The predicted octanol–water partition coefficient (Wildman–Crippen LogP) is 3.74. The molecule has 0 saturated carbocycles. The lowest BCUT2D eigenvalue weighted by molar-refractivity contribution is -0.122. The Bertz CT molecular complexity index is 376. The fourth-order valence-corrected chi connectivity index (χ4v) is 2.35. The molecule has 0 aliphatic carbocycles. The molecule has 0 aromatic heterocycles. The molecular weight excluding hydrogens is 254 g/mol. The number of thioether (sulfide) groups is 1. The van der Waals surface area contributed by atoms with E-state index in [0.717, 1.165) is 15.7 Å². The molecule has 1 aromatic carbocycles. The Balaban J connectivity index is 2.49. The molecule has 0 unspecified atom stereocenters. The van der Waals surface area contributed by atoms with Crippen molar-refractivity contribution >= 4 is 29.3 Å². The number of rotatable bonds is 5. The quantitative estimate of drug-likeness (QED) is 0.827. The number of amides is 1. The number of nitrogens with one attached hydrogen (secondary N) is 1. The summed E-state index contributed by atoms with van der Waals surface area (Å²) >= 11 is 7.54. The van der Waals surface area contributed by atoms with Crippen molar-refractivity contribution in [2.75, 3.05) is 5.75 Å². The molecule has 0 radical (unpaired) electrons. The van der Waals surface area contributed by atoms with E-state index in [1.54, 1.807) is 11.8 Å². The third-order valence-electron chi connectivity index (χ3n) is 2.21. The Hall–Kier alpha value is -0.670. The first-order valence-electron chi connectivity index (χ1n) is 5.62. The standard InChI is InChI=1S/C13H18ClNOS/c1-4-12(16)15-13(2,3)9-17-11-7-5-10(14)6-8-11/h5-8H,4,9H2,1-3H3,(H,15,16). The first-order chi connectivity index (χ1) is 7.93. The minimum atomic E-state index is -0.197. The Morgan fingerprint density at radius 1 is 1.35 bits per heavy atom. The van der Waals surface area contributed by atoms with Crippen LogP contribution >= 0.6 is 23.4 Å². The normalized spacial score (nSPS) is 11.3. The highest BCUT2D eigenvalue weighted by Crippen LogP contribution is 2.24. The van der Waals surface area contributed by atoms with Crippen molar-refractivity contribution in [3.63, 3.8) is 0 Å². The Labute approximate surface area is 112 Å². The summed E-state index contributed by atoms with van der Waals surface area (Å²) in [5, 5.41) is 3.75. The summed E-state index contributed by atoms with van der Waals surface area (Å²) in [7, 11) is 0. The fourth-order valence-electron chi connectivity index (χ4n) is 1.30. The minimum absolute atomic E-state index is 0.0895. The molecular formula is C13H18ClNOS. The van der Waals surface area contributed by atoms with E-state index >= 15 is 0 Å². The van der Waals surface area contributed by atoms with Gasteiger partial charge in [0.1, 0.15) is 0 Å². The maximum Gasteiger partial charge on any atom is 0.220 e. The maximum absolute atomic E-state index is 11.3. The van der Waals surface area contributed by atoms with Crippen LogP contribution in [0.3, 0.4) is 0 Å². The number of carbonyl (C=O) groups is 1. The molecule has 0 spiro atoms. The van der Waals surface area contributed by atoms with Gasteiger partial charge >= 0.3 is 0 Å². The van der Waals surface area contributed by atoms with Gasteiger partial charge in [-0.1, -0.05) is 18.5 Å². The minimum Gasteiger partial charge on any atom is -0.350 e. The SMILES string of the molecule is CCC(=O)NC(C)(C)CSc1ccc(Cl)cc1. The van der Waals surface area contributed by atoms with E-state index in [1.165, 1.54) is 0 Å². The molecule has 1 N–H and O–H groups in total. The van der Waals surface area contributed by atoms with Crippen LogP contribution in [0.25, 0.3) is 0 Å². The Morgan fingerprint density at radius 2 is 1.94 bits per heavy atom. The van der Waals surface area contributed by atoms with Crippen LogP contribution in [0.15, 0.2) is 29.2 Å². The van der Waals surface area contributed by atoms with Gasteiger partial charge in [0.2, 0.25) is 5.91 Å². The number of hydrogen-bond donors (Lipinski definition) is 1. The zero-order valence-electron chi connectivity index (χ0n) is 10.4. The van der Waals surface area contributed by atoms with E-state index in [2.05, 4.69) is 5.32 Å². The second kappa shape index (κ2) is 6.31. The van der Waals surface area contributed by atoms with Crippen molar-refractivity contribution in [2.45, 2.75) is 37.6 Å². The van der Waals surface area contributed by atoms with Gasteiger partial charge in [-0.25, -0.2) is 0 Å². The molecule has 0 bridgehead atoms. The molecule has 17 heavy (non-hydrogen) atoms. The topological polar surface area (TPSA) is 29.1 Å². The van der Waals surface area contributed by atoms with Crippen LogP contribution in [-0.4, -0.2) is 17.2 Å². The van der Waals surface area contributed by atoms with Gasteiger partial charge in [0.25, 0.3) is 0 Å². The molecule has 0 aliphatic heterocycles. The van der Waals surface area contributed by atoms with E-state index < -0.39 is 0 Å². The number of carbonyl (C=O) groups excluding carboxylic acids is 1. The largest absolute Gasteiger partial charge is 0.350 e. The summed E-state index contributed by atoms with van der Waals surface area (Å²) in [5.41, 5.74) is -0.197. The van der Waals surface area contributed by atoms with Crippen LogP contribution in [0, 0.1) is 0 Å². The van der Waals surface area contributed by atoms with Crippen LogP contribution in [0.2, 0.25) is 5.02 Å². The van der Waals surface area contributed by atoms with Crippen molar-refractivity contribution < 1.29 is 4.79 Å². The predicted molar refractivity (Wildman–Crippen MR) is 74.7 cm³/mol. The highest BCUT2D eigenvalue weighted by Gasteiger charge is 2.19. The number of benzene rings is 1. The summed E-state index contributed by atoms with van der Waals surface area (Å²) in [4.78, 5) is 12.5. The highest BCUT2D eigenvalue weighted by molar-refractivity contribution is 7.99. The highest BCUT2D eigenvalue weighted by atomic mass is 35.5. The lowest BCUT2D eigenvalue weighted by Gasteiger charge is -2.25. The number of halogens is 1. The summed E-state index contributed by atoms with van der Waals surface area (Å²) < 4.78 is 0. The van der Waals surface area contributed by atoms with Gasteiger partial charge in [0, 0.05) is 27.6 Å². The summed E-state index contributed by atoms with van der Waals surface area (Å²) in [6, 6.07) is 7.73. The second-order valence-electron chi connectivity index (χ2n) is 4.53. The second-order valence-corrected chi connectivity index (χ2v) is 6.01. The van der Waals surface area contributed by atoms with E-state index in [4.69, 9.17) is 11.6 Å². The van der Waals surface area contributed by atoms with Crippen LogP contribution in [0.5, 0.6) is 0 Å². The first-order valence-corrected chi connectivity index (χ1v) is 6.99. The van der Waals surface area contributed by atoms with Crippen LogP contribution in [0.4, 0.5) is 0 Å². The van der Waals surface area contributed by atoms with Gasteiger partial charge in [0.05, 0.1) is 0 Å². The van der Waals surface area contributed by atoms with Gasteiger partial charge in [-0.05, 0) is 38.1 Å². The van der Waals surface area contributed by atoms with E-state index in [-0.39, 0.29) is 11.4 Å². The molecule has 0 fully saturated rings. The summed E-state index contributed by atoms with van der Waals surface area (Å²) in [6.45, 7) is 5.92. The zero-order valence-corrected chi connectivity index (χ0v) is 12.0. The molecule has 0 saturated heterocycles.